The summed E-state index contributed by atoms with van der Waals surface area (Å²) >= 11 is 3.37. The van der Waals surface area contributed by atoms with Gasteiger partial charge < -0.3 is 5.11 Å². The first-order chi connectivity index (χ1) is 15.4. The Balaban J connectivity index is 1.36. The molecule has 4 unspecified atom stereocenters. The Morgan fingerprint density at radius 1 is 0.969 bits per heavy atom. The standard InChI is InChI=1S/C25H17BrN2O4/c26-15-5-8-19-17(10-15)18(25(31)32)11-20(27-19)12-3-6-16(7-4-12)28-23(29)21-13-1-2-14(9-13)22(21)24(28)30/h1-8,10-11,13-14,21-22H,9H2,(H,31,32). The summed E-state index contributed by atoms with van der Waals surface area (Å²) < 4.78 is 0.778. The second kappa shape index (κ2) is 6.84. The van der Waals surface area contributed by atoms with Crippen molar-refractivity contribution in [2.24, 2.45) is 23.7 Å². The quantitative estimate of drug-likeness (QED) is 0.427. The monoisotopic (exact) mass is 488 g/mol. The number of aromatic nitrogens is 1. The Morgan fingerprint density at radius 3 is 2.25 bits per heavy atom. The van der Waals surface area contributed by atoms with Crippen molar-refractivity contribution in [1.82, 2.24) is 4.98 Å². The Morgan fingerprint density at radius 2 is 1.62 bits per heavy atom. The van der Waals surface area contributed by atoms with Crippen LogP contribution >= 0.6 is 15.9 Å². The third-order valence-corrected chi connectivity index (χ3v) is 7.39. The lowest BCUT2D eigenvalue weighted by Crippen LogP contribution is -2.32. The van der Waals surface area contributed by atoms with Crippen molar-refractivity contribution in [3.05, 3.63) is 70.7 Å². The molecule has 7 heteroatoms. The van der Waals surface area contributed by atoms with E-state index in [1.807, 2.05) is 6.07 Å². The molecule has 6 nitrogen and oxygen atoms in total. The summed E-state index contributed by atoms with van der Waals surface area (Å²) in [6, 6.07) is 13.9. The maximum absolute atomic E-state index is 13.0. The van der Waals surface area contributed by atoms with E-state index in [9.17, 15) is 19.5 Å². The van der Waals surface area contributed by atoms with Gasteiger partial charge in [0.1, 0.15) is 0 Å². The molecule has 2 heterocycles. The number of fused-ring (bicyclic) bond motifs is 6. The fourth-order valence-electron chi connectivity index (χ4n) is 5.46. The van der Waals surface area contributed by atoms with Gasteiger partial charge in [-0.05, 0) is 54.7 Å². The van der Waals surface area contributed by atoms with Crippen LogP contribution in [0.25, 0.3) is 22.2 Å². The SMILES string of the molecule is O=C(O)c1cc(-c2ccc(N3C(=O)C4C5C=CC(C5)C4C3=O)cc2)nc2ccc(Br)cc12. The first-order valence-electron chi connectivity index (χ1n) is 10.4. The summed E-state index contributed by atoms with van der Waals surface area (Å²) in [4.78, 5) is 43.8. The van der Waals surface area contributed by atoms with Gasteiger partial charge in [-0.1, -0.05) is 40.2 Å². The molecule has 3 aliphatic rings. The predicted octanol–water partition coefficient (Wildman–Crippen LogP) is 4.67. The lowest BCUT2D eigenvalue weighted by Gasteiger charge is -2.17. The van der Waals surface area contributed by atoms with Crippen molar-refractivity contribution in [3.63, 3.8) is 0 Å². The predicted molar refractivity (Wildman–Crippen MR) is 122 cm³/mol. The number of allylic oxidation sites excluding steroid dienone is 2. The fraction of sp³-hybridized carbons (Fsp3) is 0.200. The molecule has 2 fully saturated rings. The van der Waals surface area contributed by atoms with Gasteiger partial charge in [0.2, 0.25) is 11.8 Å². The summed E-state index contributed by atoms with van der Waals surface area (Å²) in [5.41, 5.74) is 2.51. The number of pyridine rings is 1. The van der Waals surface area contributed by atoms with Gasteiger partial charge in [-0.2, -0.15) is 0 Å². The van der Waals surface area contributed by atoms with Crippen LogP contribution in [0.2, 0.25) is 0 Å². The number of rotatable bonds is 3. The average molecular weight is 489 g/mol. The summed E-state index contributed by atoms with van der Waals surface area (Å²) in [5, 5.41) is 10.2. The third kappa shape index (κ3) is 2.70. The van der Waals surface area contributed by atoms with E-state index in [1.165, 1.54) is 4.90 Å². The van der Waals surface area contributed by atoms with E-state index >= 15 is 0 Å². The van der Waals surface area contributed by atoms with Gasteiger partial charge in [0.15, 0.2) is 0 Å². The number of hydrogen-bond donors (Lipinski definition) is 1. The van der Waals surface area contributed by atoms with Crippen LogP contribution in [-0.4, -0.2) is 27.9 Å². The highest BCUT2D eigenvalue weighted by atomic mass is 79.9. The van der Waals surface area contributed by atoms with Crippen LogP contribution in [0.15, 0.2) is 65.2 Å². The van der Waals surface area contributed by atoms with E-state index < -0.39 is 5.97 Å². The maximum atomic E-state index is 13.0. The molecule has 1 aromatic heterocycles. The number of nitrogens with zero attached hydrogens (tertiary/aromatic N) is 2. The Kier molecular flexibility index (Phi) is 4.14. The molecular formula is C25H17BrN2O4. The second-order valence-corrected chi connectivity index (χ2v) is 9.50. The van der Waals surface area contributed by atoms with E-state index in [4.69, 9.17) is 0 Å². The van der Waals surface area contributed by atoms with Crippen LogP contribution < -0.4 is 4.90 Å². The van der Waals surface area contributed by atoms with Gasteiger partial charge >= 0.3 is 5.97 Å². The number of benzene rings is 2. The van der Waals surface area contributed by atoms with Crippen LogP contribution in [0.1, 0.15) is 16.8 Å². The van der Waals surface area contributed by atoms with E-state index in [0.29, 0.717) is 27.8 Å². The molecule has 2 aliphatic carbocycles. The molecule has 1 saturated carbocycles. The van der Waals surface area contributed by atoms with E-state index in [2.05, 4.69) is 33.1 Å². The summed E-state index contributed by atoms with van der Waals surface area (Å²) in [6.07, 6.45) is 5.05. The van der Waals surface area contributed by atoms with Crippen LogP contribution in [-0.2, 0) is 9.59 Å². The van der Waals surface area contributed by atoms with Crippen LogP contribution in [0, 0.1) is 23.7 Å². The zero-order valence-electron chi connectivity index (χ0n) is 16.7. The molecule has 1 aliphatic heterocycles. The van der Waals surface area contributed by atoms with Crippen molar-refractivity contribution in [1.29, 1.82) is 0 Å². The second-order valence-electron chi connectivity index (χ2n) is 8.58. The average Bonchev–Trinajstić information content (AvgIpc) is 3.47. The Bertz CT molecular complexity index is 1330. The molecule has 2 bridgehead atoms. The molecule has 0 spiro atoms. The maximum Gasteiger partial charge on any atom is 0.336 e. The molecule has 1 N–H and O–H groups in total. The van der Waals surface area contributed by atoms with E-state index in [-0.39, 0.29) is 41.0 Å². The zero-order valence-corrected chi connectivity index (χ0v) is 18.3. The summed E-state index contributed by atoms with van der Waals surface area (Å²) in [5.74, 6) is -1.41. The first-order valence-corrected chi connectivity index (χ1v) is 11.2. The normalized spacial score (nSPS) is 25.7. The molecule has 3 aromatic rings. The van der Waals surface area contributed by atoms with Gasteiger partial charge in [-0.15, -0.1) is 0 Å². The molecule has 158 valence electrons. The number of carboxylic acids is 1. The number of imide groups is 1. The lowest BCUT2D eigenvalue weighted by atomic mass is 9.85. The van der Waals surface area contributed by atoms with Crippen molar-refractivity contribution in [2.75, 3.05) is 4.90 Å². The summed E-state index contributed by atoms with van der Waals surface area (Å²) in [6.45, 7) is 0. The zero-order chi connectivity index (χ0) is 22.1. The van der Waals surface area contributed by atoms with Crippen LogP contribution in [0.5, 0.6) is 0 Å². The topological polar surface area (TPSA) is 87.6 Å². The lowest BCUT2D eigenvalue weighted by molar-refractivity contribution is -0.123. The first kappa shape index (κ1) is 19.4. The number of carbonyl (C=O) groups is 3. The number of hydrogen-bond acceptors (Lipinski definition) is 4. The van der Waals surface area contributed by atoms with E-state index in [0.717, 1.165) is 10.9 Å². The largest absolute Gasteiger partial charge is 0.478 e. The number of aromatic carboxylic acids is 1. The van der Waals surface area contributed by atoms with Crippen molar-refractivity contribution < 1.29 is 19.5 Å². The minimum absolute atomic E-state index is 0.118. The molecule has 1 saturated heterocycles. The summed E-state index contributed by atoms with van der Waals surface area (Å²) in [7, 11) is 0. The molecule has 6 rings (SSSR count). The Labute approximate surface area is 191 Å². The van der Waals surface area contributed by atoms with Gasteiger partial charge in [0, 0.05) is 15.4 Å². The van der Waals surface area contributed by atoms with Gasteiger partial charge in [-0.25, -0.2) is 9.78 Å². The van der Waals surface area contributed by atoms with Crippen molar-refractivity contribution in [3.8, 4) is 11.3 Å². The van der Waals surface area contributed by atoms with Crippen LogP contribution in [0.4, 0.5) is 5.69 Å². The highest BCUT2D eigenvalue weighted by molar-refractivity contribution is 9.10. The molecular weight excluding hydrogens is 472 g/mol. The minimum atomic E-state index is -1.03. The highest BCUT2D eigenvalue weighted by Gasteiger charge is 2.59. The third-order valence-electron chi connectivity index (χ3n) is 6.89. The number of halogens is 1. The van der Waals surface area contributed by atoms with Crippen molar-refractivity contribution >= 4 is 50.3 Å². The highest BCUT2D eigenvalue weighted by Crippen LogP contribution is 2.53. The molecule has 2 amide bonds. The minimum Gasteiger partial charge on any atom is -0.478 e. The Hall–Kier alpha value is -3.32. The number of carboxylic acid groups (broad SMARTS) is 1. The number of amides is 2. The molecule has 4 atom stereocenters. The van der Waals surface area contributed by atoms with Gasteiger partial charge in [-0.3, -0.25) is 14.5 Å². The smallest absolute Gasteiger partial charge is 0.336 e. The molecule has 0 radical (unpaired) electrons. The van der Waals surface area contributed by atoms with Crippen molar-refractivity contribution in [2.45, 2.75) is 6.42 Å². The molecule has 32 heavy (non-hydrogen) atoms. The number of carbonyl (C=O) groups excluding carboxylic acids is 2. The molecule has 2 aromatic carbocycles. The fourth-order valence-corrected chi connectivity index (χ4v) is 5.82. The van der Waals surface area contributed by atoms with Gasteiger partial charge in [0.05, 0.1) is 34.3 Å². The van der Waals surface area contributed by atoms with Crippen LogP contribution in [0.3, 0.4) is 0 Å². The van der Waals surface area contributed by atoms with Gasteiger partial charge in [0.25, 0.3) is 0 Å². The van der Waals surface area contributed by atoms with E-state index in [1.54, 1.807) is 42.5 Å². The number of anilines is 1.